The fourth-order valence-corrected chi connectivity index (χ4v) is 3.65. The number of halogens is 1. The molecule has 2 amide bonds. The summed E-state index contributed by atoms with van der Waals surface area (Å²) >= 11 is 0. The largest absolute Gasteiger partial charge is 0.497 e. The predicted octanol–water partition coefficient (Wildman–Crippen LogP) is 2.19. The minimum absolute atomic E-state index is 0.0575. The molecule has 0 radical (unpaired) electrons. The first-order valence-corrected chi connectivity index (χ1v) is 10.1. The molecule has 2 aromatic rings. The van der Waals surface area contributed by atoms with E-state index in [9.17, 15) is 14.0 Å². The molecule has 1 atom stereocenters. The van der Waals surface area contributed by atoms with Crippen LogP contribution in [0.2, 0.25) is 0 Å². The zero-order chi connectivity index (χ0) is 22.4. The van der Waals surface area contributed by atoms with Crippen LogP contribution in [0.15, 0.2) is 42.5 Å². The molecule has 0 spiro atoms. The predicted molar refractivity (Wildman–Crippen MR) is 114 cm³/mol. The second-order valence-electron chi connectivity index (χ2n) is 7.54. The number of methoxy groups -OCH3 is 2. The van der Waals surface area contributed by atoms with Crippen LogP contribution in [0.4, 0.5) is 4.39 Å². The summed E-state index contributed by atoms with van der Waals surface area (Å²) in [5, 5.41) is 2.85. The molecule has 1 aliphatic heterocycles. The lowest BCUT2D eigenvalue weighted by molar-refractivity contribution is -0.138. The highest BCUT2D eigenvalue weighted by molar-refractivity contribution is 5.88. The summed E-state index contributed by atoms with van der Waals surface area (Å²) in [4.78, 5) is 29.0. The summed E-state index contributed by atoms with van der Waals surface area (Å²) in [5.74, 6) is 0.719. The highest BCUT2D eigenvalue weighted by atomic mass is 19.1. The van der Waals surface area contributed by atoms with Crippen LogP contribution in [-0.4, -0.2) is 62.0 Å². The molecule has 166 valence electrons. The summed E-state index contributed by atoms with van der Waals surface area (Å²) in [6.45, 7) is 1.97. The molecule has 1 fully saturated rings. The van der Waals surface area contributed by atoms with E-state index in [-0.39, 0.29) is 24.1 Å². The second kappa shape index (κ2) is 10.3. The highest BCUT2D eigenvalue weighted by Gasteiger charge is 2.33. The summed E-state index contributed by atoms with van der Waals surface area (Å²) < 4.78 is 23.8. The molecule has 2 aromatic carbocycles. The van der Waals surface area contributed by atoms with Crippen LogP contribution < -0.4 is 14.8 Å². The molecule has 1 unspecified atom stereocenters. The highest BCUT2D eigenvalue weighted by Crippen LogP contribution is 2.27. The Balaban J connectivity index is 1.69. The summed E-state index contributed by atoms with van der Waals surface area (Å²) in [5.41, 5.74) is 1.74. The number of carbonyl (C=O) groups excluding carboxylic acids is 2. The summed E-state index contributed by atoms with van der Waals surface area (Å²) in [7, 11) is 4.86. The van der Waals surface area contributed by atoms with Crippen molar-refractivity contribution in [2.45, 2.75) is 25.6 Å². The zero-order valence-corrected chi connectivity index (χ0v) is 18.1. The Morgan fingerprint density at radius 1 is 1.19 bits per heavy atom. The summed E-state index contributed by atoms with van der Waals surface area (Å²) in [6.07, 6.45) is 0.0575. The number of ether oxygens (including phenoxy) is 2. The molecule has 3 rings (SSSR count). The Kier molecular flexibility index (Phi) is 7.46. The van der Waals surface area contributed by atoms with Gasteiger partial charge in [0.2, 0.25) is 11.8 Å². The Morgan fingerprint density at radius 2 is 1.94 bits per heavy atom. The topological polar surface area (TPSA) is 71.1 Å². The molecule has 0 aromatic heterocycles. The Bertz CT molecular complexity index is 920. The van der Waals surface area contributed by atoms with Crippen LogP contribution in [0.5, 0.6) is 11.5 Å². The van der Waals surface area contributed by atoms with Crippen LogP contribution in [-0.2, 0) is 22.7 Å². The third-order valence-electron chi connectivity index (χ3n) is 5.44. The SMILES string of the molecule is COc1ccc(CN2CCNC(=O)C2CC(=O)N(C)Cc2ccc(F)cc2)c(OC)c1. The number of rotatable bonds is 8. The van der Waals surface area contributed by atoms with Crippen LogP contribution in [0.1, 0.15) is 17.5 Å². The van der Waals surface area contributed by atoms with E-state index in [1.54, 1.807) is 44.4 Å². The van der Waals surface area contributed by atoms with Gasteiger partial charge in [0.1, 0.15) is 17.3 Å². The van der Waals surface area contributed by atoms with Crippen molar-refractivity contribution in [3.63, 3.8) is 0 Å². The molecule has 1 saturated heterocycles. The van der Waals surface area contributed by atoms with Gasteiger partial charge in [0.15, 0.2) is 0 Å². The number of carbonyl (C=O) groups is 2. The average Bonchev–Trinajstić information content (AvgIpc) is 2.77. The number of nitrogens with zero attached hydrogens (tertiary/aromatic N) is 2. The van der Waals surface area contributed by atoms with Gasteiger partial charge in [-0.25, -0.2) is 4.39 Å². The number of hydrogen-bond donors (Lipinski definition) is 1. The Labute approximate surface area is 181 Å². The molecule has 31 heavy (non-hydrogen) atoms. The van der Waals surface area contributed by atoms with E-state index in [2.05, 4.69) is 5.32 Å². The molecule has 1 heterocycles. The van der Waals surface area contributed by atoms with Gasteiger partial charge in [0.05, 0.1) is 26.7 Å². The van der Waals surface area contributed by atoms with E-state index in [1.165, 1.54) is 12.1 Å². The van der Waals surface area contributed by atoms with Crippen LogP contribution in [0.3, 0.4) is 0 Å². The monoisotopic (exact) mass is 429 g/mol. The smallest absolute Gasteiger partial charge is 0.237 e. The molecule has 7 nitrogen and oxygen atoms in total. The van der Waals surface area contributed by atoms with Crippen molar-refractivity contribution in [1.82, 2.24) is 15.1 Å². The van der Waals surface area contributed by atoms with E-state index < -0.39 is 6.04 Å². The molecular weight excluding hydrogens is 401 g/mol. The first-order valence-electron chi connectivity index (χ1n) is 10.1. The van der Waals surface area contributed by atoms with Crippen LogP contribution >= 0.6 is 0 Å². The van der Waals surface area contributed by atoms with Gasteiger partial charge in [-0.1, -0.05) is 18.2 Å². The fraction of sp³-hybridized carbons (Fsp3) is 0.391. The van der Waals surface area contributed by atoms with E-state index in [0.29, 0.717) is 37.7 Å². The van der Waals surface area contributed by atoms with Crippen molar-refractivity contribution in [2.24, 2.45) is 0 Å². The number of hydrogen-bond acceptors (Lipinski definition) is 5. The van der Waals surface area contributed by atoms with Gasteiger partial charge in [-0.3, -0.25) is 14.5 Å². The van der Waals surface area contributed by atoms with Crippen molar-refractivity contribution < 1.29 is 23.5 Å². The standard InChI is InChI=1S/C23H28FN3O4/c1-26(14-16-4-7-18(24)8-5-16)22(28)13-20-23(29)25-10-11-27(20)15-17-6-9-19(30-2)12-21(17)31-3/h4-9,12,20H,10-11,13-15H2,1-3H3,(H,25,29). The molecule has 8 heteroatoms. The fourth-order valence-electron chi connectivity index (χ4n) is 3.65. The third kappa shape index (κ3) is 5.73. The summed E-state index contributed by atoms with van der Waals surface area (Å²) in [6, 6.07) is 11.0. The maximum atomic E-state index is 13.1. The van der Waals surface area contributed by atoms with Crippen LogP contribution in [0, 0.1) is 5.82 Å². The van der Waals surface area contributed by atoms with E-state index in [4.69, 9.17) is 9.47 Å². The maximum absolute atomic E-state index is 13.1. The van der Waals surface area contributed by atoms with E-state index in [1.807, 2.05) is 17.0 Å². The molecule has 1 N–H and O–H groups in total. The number of nitrogens with one attached hydrogen (secondary N) is 1. The van der Waals surface area contributed by atoms with Gasteiger partial charge in [0.25, 0.3) is 0 Å². The lowest BCUT2D eigenvalue weighted by Gasteiger charge is -2.35. The zero-order valence-electron chi connectivity index (χ0n) is 18.1. The van der Waals surface area contributed by atoms with Gasteiger partial charge in [-0.05, 0) is 23.8 Å². The van der Waals surface area contributed by atoms with Gasteiger partial charge >= 0.3 is 0 Å². The quantitative estimate of drug-likeness (QED) is 0.697. The first-order chi connectivity index (χ1) is 14.9. The Morgan fingerprint density at radius 3 is 2.61 bits per heavy atom. The molecule has 1 aliphatic rings. The number of piperazine rings is 1. The van der Waals surface area contributed by atoms with Crippen molar-refractivity contribution in [3.8, 4) is 11.5 Å². The van der Waals surface area contributed by atoms with Crippen molar-refractivity contribution >= 4 is 11.8 Å². The van der Waals surface area contributed by atoms with E-state index in [0.717, 1.165) is 11.1 Å². The van der Waals surface area contributed by atoms with Crippen molar-refractivity contribution in [3.05, 3.63) is 59.4 Å². The number of amides is 2. The molecule has 0 aliphatic carbocycles. The maximum Gasteiger partial charge on any atom is 0.237 e. The van der Waals surface area contributed by atoms with Crippen LogP contribution in [0.25, 0.3) is 0 Å². The lowest BCUT2D eigenvalue weighted by atomic mass is 10.1. The second-order valence-corrected chi connectivity index (χ2v) is 7.54. The van der Waals surface area contributed by atoms with Crippen molar-refractivity contribution in [1.29, 1.82) is 0 Å². The normalized spacial score (nSPS) is 16.5. The molecule has 0 bridgehead atoms. The number of benzene rings is 2. The first kappa shape index (κ1) is 22.6. The van der Waals surface area contributed by atoms with Gasteiger partial charge in [0, 0.05) is 44.9 Å². The minimum atomic E-state index is -0.580. The van der Waals surface area contributed by atoms with E-state index >= 15 is 0 Å². The van der Waals surface area contributed by atoms with Crippen molar-refractivity contribution in [2.75, 3.05) is 34.4 Å². The minimum Gasteiger partial charge on any atom is -0.497 e. The average molecular weight is 429 g/mol. The van der Waals surface area contributed by atoms with Gasteiger partial charge in [-0.15, -0.1) is 0 Å². The van der Waals surface area contributed by atoms with Gasteiger partial charge < -0.3 is 19.7 Å². The lowest BCUT2D eigenvalue weighted by Crippen LogP contribution is -2.56. The van der Waals surface area contributed by atoms with Gasteiger partial charge in [-0.2, -0.15) is 0 Å². The molecular formula is C23H28FN3O4. The third-order valence-corrected chi connectivity index (χ3v) is 5.44. The molecule has 0 saturated carbocycles. The Hall–Kier alpha value is -3.13.